The highest BCUT2D eigenvalue weighted by molar-refractivity contribution is 5.94. The van der Waals surface area contributed by atoms with E-state index >= 15 is 0 Å². The maximum Gasteiger partial charge on any atom is 0.232 e. The van der Waals surface area contributed by atoms with Crippen LogP contribution in [0.3, 0.4) is 0 Å². The summed E-state index contributed by atoms with van der Waals surface area (Å²) in [5.41, 5.74) is 3.77. The van der Waals surface area contributed by atoms with Crippen molar-refractivity contribution in [3.63, 3.8) is 0 Å². The molecule has 37 heavy (non-hydrogen) atoms. The monoisotopic (exact) mass is 507 g/mol. The van der Waals surface area contributed by atoms with Crippen LogP contribution in [0, 0.1) is 0 Å². The average Bonchev–Trinajstić information content (AvgIpc) is 3.29. The topological polar surface area (TPSA) is 95.8 Å². The van der Waals surface area contributed by atoms with E-state index in [2.05, 4.69) is 39.1 Å². The summed E-state index contributed by atoms with van der Waals surface area (Å²) in [7, 11) is 6.95. The molecule has 0 aliphatic rings. The zero-order chi connectivity index (χ0) is 27.8. The quantitative estimate of drug-likeness (QED) is 0.151. The Labute approximate surface area is 221 Å². The van der Waals surface area contributed by atoms with Gasteiger partial charge in [0.15, 0.2) is 5.82 Å². The van der Waals surface area contributed by atoms with Gasteiger partial charge in [-0.2, -0.15) is 0 Å². The summed E-state index contributed by atoms with van der Waals surface area (Å²) in [5.74, 6) is 1.90. The predicted molar refractivity (Wildman–Crippen MR) is 155 cm³/mol. The van der Waals surface area contributed by atoms with E-state index in [4.69, 9.17) is 4.74 Å². The van der Waals surface area contributed by atoms with Crippen molar-refractivity contribution in [3.05, 3.63) is 84.8 Å². The molecule has 0 unspecified atom stereocenters. The van der Waals surface area contributed by atoms with Gasteiger partial charge in [0, 0.05) is 38.7 Å². The lowest BCUT2D eigenvalue weighted by atomic mass is 10.2. The molecule has 0 spiro atoms. The molecule has 0 saturated heterocycles. The molecule has 9 heteroatoms. The summed E-state index contributed by atoms with van der Waals surface area (Å²) in [6, 6.07) is 7.76. The zero-order valence-electron chi connectivity index (χ0n) is 23.1. The molecular formula is C28H41N7O2. The van der Waals surface area contributed by atoms with E-state index in [1.165, 1.54) is 0 Å². The van der Waals surface area contributed by atoms with Gasteiger partial charge in [-0.25, -0.2) is 4.98 Å². The fraction of sp³-hybridized carbons (Fsp3) is 0.321. The predicted octanol–water partition coefficient (Wildman–Crippen LogP) is 5.11. The molecule has 2 aromatic rings. The van der Waals surface area contributed by atoms with Crippen LogP contribution in [0.25, 0.3) is 5.70 Å². The van der Waals surface area contributed by atoms with E-state index in [0.29, 0.717) is 35.4 Å². The Morgan fingerprint density at radius 1 is 1.32 bits per heavy atom. The van der Waals surface area contributed by atoms with Crippen LogP contribution in [0.2, 0.25) is 0 Å². The van der Waals surface area contributed by atoms with E-state index in [0.717, 1.165) is 29.9 Å². The number of hydrogen-bond acceptors (Lipinski definition) is 7. The van der Waals surface area contributed by atoms with E-state index in [1.54, 1.807) is 37.5 Å². The number of nitrogens with one attached hydrogen (secondary N) is 3. The van der Waals surface area contributed by atoms with Crippen LogP contribution in [0.4, 0.5) is 11.5 Å². The van der Waals surface area contributed by atoms with Crippen LogP contribution in [0.1, 0.15) is 38.6 Å². The first-order valence-electron chi connectivity index (χ1n) is 12.2. The average molecular weight is 508 g/mol. The second-order valence-electron chi connectivity index (χ2n) is 7.54. The van der Waals surface area contributed by atoms with Crippen molar-refractivity contribution in [1.82, 2.24) is 19.8 Å². The highest BCUT2D eigenvalue weighted by Gasteiger charge is 2.17. The van der Waals surface area contributed by atoms with Gasteiger partial charge in [-0.15, -0.1) is 0 Å². The number of hydrogen-bond donors (Lipinski definition) is 3. The van der Waals surface area contributed by atoms with Crippen molar-refractivity contribution in [2.75, 3.05) is 31.8 Å². The van der Waals surface area contributed by atoms with E-state index in [-0.39, 0.29) is 0 Å². The fourth-order valence-electron chi connectivity index (χ4n) is 3.37. The molecule has 0 aliphatic heterocycles. The lowest BCUT2D eigenvalue weighted by Gasteiger charge is -2.19. The van der Waals surface area contributed by atoms with Gasteiger partial charge in [0.2, 0.25) is 12.3 Å². The number of imidazole rings is 1. The van der Waals surface area contributed by atoms with Crippen LogP contribution in [-0.4, -0.2) is 48.0 Å². The van der Waals surface area contributed by atoms with Gasteiger partial charge in [0.05, 0.1) is 31.2 Å². The molecule has 1 heterocycles. The lowest BCUT2D eigenvalue weighted by molar-refractivity contribution is -0.116. The number of rotatable bonds is 13. The van der Waals surface area contributed by atoms with Gasteiger partial charge in [-0.3, -0.25) is 9.79 Å². The molecule has 0 aliphatic carbocycles. The van der Waals surface area contributed by atoms with E-state index in [1.807, 2.05) is 69.8 Å². The number of methoxy groups -OCH3 is 1. The van der Waals surface area contributed by atoms with Gasteiger partial charge in [-0.05, 0) is 30.2 Å². The van der Waals surface area contributed by atoms with Crippen molar-refractivity contribution in [3.8, 4) is 0 Å². The summed E-state index contributed by atoms with van der Waals surface area (Å²) in [4.78, 5) is 22.4. The molecule has 0 saturated carbocycles. The molecule has 1 aromatic heterocycles. The summed E-state index contributed by atoms with van der Waals surface area (Å²) >= 11 is 0. The third-order valence-electron chi connectivity index (χ3n) is 5.06. The molecular weight excluding hydrogens is 466 g/mol. The van der Waals surface area contributed by atoms with Crippen LogP contribution in [0.15, 0.2) is 78.4 Å². The fourth-order valence-corrected chi connectivity index (χ4v) is 3.37. The van der Waals surface area contributed by atoms with E-state index in [9.17, 15) is 4.79 Å². The molecule has 3 N–H and O–H groups in total. The van der Waals surface area contributed by atoms with Crippen molar-refractivity contribution in [1.29, 1.82) is 0 Å². The summed E-state index contributed by atoms with van der Waals surface area (Å²) < 4.78 is 7.33. The standard InChI is InChI=1S/C26H35N7O2.C2H6/c1-8-11-22(26(28-5)35-7)31-23(25-29-15-24(27-4)32(25)6)17-33(18-34)16-20-12-10-13-21(14-20)30-19(3)9-2;1-2/h9-15,17-18,27,30-31H,2-3,8,16H2,1,4-7H3;1-2H3/b22-11+,23-17+,28-26?;. The normalized spacial score (nSPS) is 11.6. The second-order valence-corrected chi connectivity index (χ2v) is 7.54. The summed E-state index contributed by atoms with van der Waals surface area (Å²) in [6.45, 7) is 14.0. The first-order chi connectivity index (χ1) is 17.9. The Bertz CT molecular complexity index is 1130. The minimum absolute atomic E-state index is 0.347. The smallest absolute Gasteiger partial charge is 0.232 e. The minimum atomic E-state index is 0.347. The summed E-state index contributed by atoms with van der Waals surface area (Å²) in [6.07, 6.45) is 8.60. The number of aliphatic imine (C=N–C) groups is 1. The second kappa shape index (κ2) is 16.4. The highest BCUT2D eigenvalue weighted by atomic mass is 16.5. The van der Waals surface area contributed by atoms with Crippen molar-refractivity contribution in [2.24, 2.45) is 12.0 Å². The Balaban J connectivity index is 0.00000334. The van der Waals surface area contributed by atoms with Crippen molar-refractivity contribution in [2.45, 2.75) is 33.7 Å². The number of aromatic nitrogens is 2. The number of ether oxygens (including phenoxy) is 1. The molecule has 0 fully saturated rings. The lowest BCUT2D eigenvalue weighted by Crippen LogP contribution is -2.25. The zero-order valence-corrected chi connectivity index (χ0v) is 23.1. The first-order valence-corrected chi connectivity index (χ1v) is 12.2. The number of carbonyl (C=O) groups excluding carboxylic acids is 1. The van der Waals surface area contributed by atoms with Gasteiger partial charge >= 0.3 is 0 Å². The van der Waals surface area contributed by atoms with Crippen molar-refractivity contribution < 1.29 is 9.53 Å². The number of benzene rings is 1. The van der Waals surface area contributed by atoms with Gasteiger partial charge in [-0.1, -0.05) is 52.1 Å². The Morgan fingerprint density at radius 3 is 2.59 bits per heavy atom. The number of anilines is 2. The maximum absolute atomic E-state index is 12.1. The number of carbonyl (C=O) groups is 1. The van der Waals surface area contributed by atoms with Gasteiger partial charge in [0.1, 0.15) is 5.82 Å². The van der Waals surface area contributed by atoms with Crippen LogP contribution in [-0.2, 0) is 23.1 Å². The number of allylic oxidation sites excluding steroid dienone is 2. The first kappa shape index (κ1) is 30.8. The molecule has 9 nitrogen and oxygen atoms in total. The molecule has 0 bridgehead atoms. The Morgan fingerprint density at radius 2 is 2.05 bits per heavy atom. The molecule has 1 amide bonds. The molecule has 200 valence electrons. The van der Waals surface area contributed by atoms with Crippen molar-refractivity contribution >= 4 is 29.5 Å². The van der Waals surface area contributed by atoms with E-state index < -0.39 is 0 Å². The molecule has 0 atom stereocenters. The molecule has 1 aromatic carbocycles. The third-order valence-corrected chi connectivity index (χ3v) is 5.06. The van der Waals surface area contributed by atoms with Crippen LogP contribution in [0.5, 0.6) is 0 Å². The largest absolute Gasteiger partial charge is 0.480 e. The Hall–Kier alpha value is -4.27. The molecule has 2 rings (SSSR count). The highest BCUT2D eigenvalue weighted by Crippen LogP contribution is 2.19. The third kappa shape index (κ3) is 9.03. The maximum atomic E-state index is 12.1. The Kier molecular flexibility index (Phi) is 13.6. The molecule has 0 radical (unpaired) electrons. The number of amides is 1. The minimum Gasteiger partial charge on any atom is -0.480 e. The number of nitrogens with zero attached hydrogens (tertiary/aromatic N) is 4. The van der Waals surface area contributed by atoms with Crippen LogP contribution >= 0.6 is 0 Å². The van der Waals surface area contributed by atoms with Gasteiger partial charge in [0.25, 0.3) is 0 Å². The summed E-state index contributed by atoms with van der Waals surface area (Å²) in [5, 5.41) is 9.64. The van der Waals surface area contributed by atoms with Gasteiger partial charge < -0.3 is 30.2 Å². The SMILES string of the molecule is C=CC(=C)Nc1cccc(CN(C=O)/C=C(/N/C(=C/CC)C(=NC)OC)c2ncc(NC)n2C)c1.CC. The van der Waals surface area contributed by atoms with Crippen LogP contribution < -0.4 is 16.0 Å².